The number of nitrogens with one attached hydrogen (secondary N) is 1. The highest BCUT2D eigenvalue weighted by molar-refractivity contribution is 6.30. The van der Waals surface area contributed by atoms with E-state index in [0.29, 0.717) is 5.02 Å². The lowest BCUT2D eigenvalue weighted by molar-refractivity contribution is 0.0958. The van der Waals surface area contributed by atoms with Gasteiger partial charge in [-0.3, -0.25) is 4.79 Å². The van der Waals surface area contributed by atoms with Crippen LogP contribution in [-0.2, 0) is 0 Å². The molecule has 2 rings (SSSR count). The van der Waals surface area contributed by atoms with Gasteiger partial charge in [0.1, 0.15) is 0 Å². The van der Waals surface area contributed by atoms with Gasteiger partial charge in [-0.25, -0.2) is 0 Å². The van der Waals surface area contributed by atoms with E-state index in [4.69, 9.17) is 11.6 Å². The monoisotopic (exact) mass is 181 g/mol. The fraction of sp³-hybridized carbons (Fsp3) is 0.222. The standard InChI is InChI=1S/C9H8ClNO/c1-5-8-4-6(10)2-3-7(8)9(12)11-5/h2-5H,1H3,(H,11,12). The number of carbonyl (C=O) groups is 1. The summed E-state index contributed by atoms with van der Waals surface area (Å²) in [5.74, 6) is -0.00540. The molecule has 12 heavy (non-hydrogen) atoms. The summed E-state index contributed by atoms with van der Waals surface area (Å²) in [6, 6.07) is 5.42. The van der Waals surface area contributed by atoms with Gasteiger partial charge in [0.15, 0.2) is 0 Å². The molecule has 1 unspecified atom stereocenters. The van der Waals surface area contributed by atoms with E-state index in [0.717, 1.165) is 11.1 Å². The van der Waals surface area contributed by atoms with E-state index in [-0.39, 0.29) is 11.9 Å². The number of hydrogen-bond acceptors (Lipinski definition) is 1. The van der Waals surface area contributed by atoms with Gasteiger partial charge < -0.3 is 5.32 Å². The summed E-state index contributed by atoms with van der Waals surface area (Å²) in [4.78, 5) is 11.2. The molecule has 1 heterocycles. The van der Waals surface area contributed by atoms with Gasteiger partial charge in [0.05, 0.1) is 6.04 Å². The average Bonchev–Trinajstić information content (AvgIpc) is 2.28. The molecule has 1 atom stereocenters. The van der Waals surface area contributed by atoms with E-state index in [1.807, 2.05) is 13.0 Å². The summed E-state index contributed by atoms with van der Waals surface area (Å²) in [5, 5.41) is 3.49. The van der Waals surface area contributed by atoms with Gasteiger partial charge in [-0.15, -0.1) is 0 Å². The normalized spacial score (nSPS) is 20.5. The van der Waals surface area contributed by atoms with Crippen LogP contribution in [0, 0.1) is 0 Å². The van der Waals surface area contributed by atoms with Crippen LogP contribution < -0.4 is 5.32 Å². The van der Waals surface area contributed by atoms with Gasteiger partial charge >= 0.3 is 0 Å². The first-order valence-corrected chi connectivity index (χ1v) is 4.16. The van der Waals surface area contributed by atoms with Crippen LogP contribution in [-0.4, -0.2) is 5.91 Å². The highest BCUT2D eigenvalue weighted by Crippen LogP contribution is 2.27. The van der Waals surface area contributed by atoms with Crippen molar-refractivity contribution in [3.63, 3.8) is 0 Å². The Balaban J connectivity index is 2.60. The fourth-order valence-corrected chi connectivity index (χ4v) is 1.63. The van der Waals surface area contributed by atoms with Crippen molar-refractivity contribution in [2.75, 3.05) is 0 Å². The van der Waals surface area contributed by atoms with Crippen LogP contribution in [0.15, 0.2) is 18.2 Å². The average molecular weight is 182 g/mol. The lowest BCUT2D eigenvalue weighted by Gasteiger charge is -2.02. The van der Waals surface area contributed by atoms with Gasteiger partial charge in [-0.05, 0) is 30.7 Å². The molecule has 1 aromatic carbocycles. The Morgan fingerprint density at radius 1 is 1.50 bits per heavy atom. The summed E-state index contributed by atoms with van der Waals surface area (Å²) >= 11 is 5.80. The lowest BCUT2D eigenvalue weighted by atomic mass is 10.1. The van der Waals surface area contributed by atoms with E-state index >= 15 is 0 Å². The molecule has 1 aliphatic heterocycles. The molecular weight excluding hydrogens is 174 g/mol. The fourth-order valence-electron chi connectivity index (χ4n) is 1.45. The number of halogens is 1. The first-order chi connectivity index (χ1) is 5.68. The van der Waals surface area contributed by atoms with E-state index < -0.39 is 0 Å². The van der Waals surface area contributed by atoms with Crippen molar-refractivity contribution in [3.05, 3.63) is 34.3 Å². The molecule has 1 aromatic rings. The molecule has 0 fully saturated rings. The Morgan fingerprint density at radius 3 is 3.00 bits per heavy atom. The first-order valence-electron chi connectivity index (χ1n) is 3.79. The third-order valence-corrected chi connectivity index (χ3v) is 2.31. The SMILES string of the molecule is CC1NC(=O)c2ccc(Cl)cc21. The molecule has 2 nitrogen and oxygen atoms in total. The van der Waals surface area contributed by atoms with Crippen LogP contribution >= 0.6 is 11.6 Å². The smallest absolute Gasteiger partial charge is 0.252 e. The van der Waals surface area contributed by atoms with Crippen molar-refractivity contribution < 1.29 is 4.79 Å². The van der Waals surface area contributed by atoms with Crippen LogP contribution in [0.5, 0.6) is 0 Å². The molecule has 1 aliphatic rings. The largest absolute Gasteiger partial charge is 0.345 e. The summed E-state index contributed by atoms with van der Waals surface area (Å²) in [7, 11) is 0. The van der Waals surface area contributed by atoms with E-state index in [1.165, 1.54) is 0 Å². The summed E-state index contributed by atoms with van der Waals surface area (Å²) < 4.78 is 0. The number of amides is 1. The Hall–Kier alpha value is -1.02. The van der Waals surface area contributed by atoms with Crippen molar-refractivity contribution in [3.8, 4) is 0 Å². The number of fused-ring (bicyclic) bond motifs is 1. The minimum atomic E-state index is -0.00540. The zero-order valence-electron chi connectivity index (χ0n) is 6.60. The van der Waals surface area contributed by atoms with Crippen molar-refractivity contribution in [1.82, 2.24) is 5.32 Å². The number of benzene rings is 1. The highest BCUT2D eigenvalue weighted by atomic mass is 35.5. The third kappa shape index (κ3) is 0.994. The second-order valence-electron chi connectivity index (χ2n) is 2.93. The minimum absolute atomic E-state index is 0.00540. The van der Waals surface area contributed by atoms with Gasteiger partial charge in [0.25, 0.3) is 5.91 Å². The molecule has 0 aliphatic carbocycles. The Kier molecular flexibility index (Phi) is 1.58. The number of hydrogen-bond donors (Lipinski definition) is 1. The zero-order valence-corrected chi connectivity index (χ0v) is 7.35. The Labute approximate surface area is 75.5 Å². The van der Waals surface area contributed by atoms with Gasteiger partial charge in [-0.1, -0.05) is 11.6 Å². The van der Waals surface area contributed by atoms with Crippen LogP contribution in [0.1, 0.15) is 28.9 Å². The summed E-state index contributed by atoms with van der Waals surface area (Å²) in [5.41, 5.74) is 1.74. The van der Waals surface area contributed by atoms with Crippen molar-refractivity contribution >= 4 is 17.5 Å². The Morgan fingerprint density at radius 2 is 2.25 bits per heavy atom. The second-order valence-corrected chi connectivity index (χ2v) is 3.36. The van der Waals surface area contributed by atoms with Crippen LogP contribution in [0.4, 0.5) is 0 Å². The highest BCUT2D eigenvalue weighted by Gasteiger charge is 2.24. The maximum Gasteiger partial charge on any atom is 0.252 e. The Bertz CT molecular complexity index is 348. The van der Waals surface area contributed by atoms with Crippen LogP contribution in [0.25, 0.3) is 0 Å². The van der Waals surface area contributed by atoms with Gasteiger partial charge in [0.2, 0.25) is 0 Å². The van der Waals surface area contributed by atoms with Gasteiger partial charge in [0, 0.05) is 10.6 Å². The molecule has 3 heteroatoms. The maximum absolute atomic E-state index is 11.2. The zero-order chi connectivity index (χ0) is 8.72. The van der Waals surface area contributed by atoms with E-state index in [1.54, 1.807) is 12.1 Å². The number of carbonyl (C=O) groups excluding carboxylic acids is 1. The molecular formula is C9H8ClNO. The molecule has 0 radical (unpaired) electrons. The lowest BCUT2D eigenvalue weighted by Crippen LogP contribution is -2.16. The van der Waals surface area contributed by atoms with Crippen LogP contribution in [0.3, 0.4) is 0 Å². The van der Waals surface area contributed by atoms with E-state index in [9.17, 15) is 4.79 Å². The molecule has 0 bridgehead atoms. The minimum Gasteiger partial charge on any atom is -0.345 e. The maximum atomic E-state index is 11.2. The van der Waals surface area contributed by atoms with Crippen molar-refractivity contribution in [1.29, 1.82) is 0 Å². The molecule has 0 saturated heterocycles. The molecule has 1 amide bonds. The predicted molar refractivity (Wildman–Crippen MR) is 47.3 cm³/mol. The summed E-state index contributed by atoms with van der Waals surface area (Å²) in [6.45, 7) is 1.94. The van der Waals surface area contributed by atoms with Crippen molar-refractivity contribution in [2.45, 2.75) is 13.0 Å². The molecule has 0 saturated carbocycles. The third-order valence-electron chi connectivity index (χ3n) is 2.07. The quantitative estimate of drug-likeness (QED) is 0.653. The summed E-state index contributed by atoms with van der Waals surface area (Å²) in [6.07, 6.45) is 0. The topological polar surface area (TPSA) is 29.1 Å². The molecule has 0 aromatic heterocycles. The van der Waals surface area contributed by atoms with E-state index in [2.05, 4.69) is 5.32 Å². The predicted octanol–water partition coefficient (Wildman–Crippen LogP) is 2.14. The van der Waals surface area contributed by atoms with Crippen molar-refractivity contribution in [2.24, 2.45) is 0 Å². The van der Waals surface area contributed by atoms with Gasteiger partial charge in [-0.2, -0.15) is 0 Å². The molecule has 1 N–H and O–H groups in total. The second kappa shape index (κ2) is 2.49. The first kappa shape index (κ1) is 7.62. The number of rotatable bonds is 0. The molecule has 0 spiro atoms. The van der Waals surface area contributed by atoms with Crippen LogP contribution in [0.2, 0.25) is 5.02 Å². The molecule has 62 valence electrons.